The molecule has 0 aliphatic carbocycles. The minimum atomic E-state index is -0.546. The van der Waals surface area contributed by atoms with E-state index in [9.17, 15) is 4.79 Å². The van der Waals surface area contributed by atoms with Crippen LogP contribution in [0, 0.1) is 0 Å². The molecule has 1 aliphatic heterocycles. The predicted molar refractivity (Wildman–Crippen MR) is 75.0 cm³/mol. The Morgan fingerprint density at radius 1 is 1.45 bits per heavy atom. The maximum atomic E-state index is 11.9. The number of benzene rings is 1. The van der Waals surface area contributed by atoms with Crippen molar-refractivity contribution in [3.05, 3.63) is 36.4 Å². The van der Waals surface area contributed by atoms with Gasteiger partial charge in [-0.05, 0) is 17.7 Å². The summed E-state index contributed by atoms with van der Waals surface area (Å²) in [6.07, 6.45) is 2.54. The summed E-state index contributed by atoms with van der Waals surface area (Å²) in [4.78, 5) is 11.9. The van der Waals surface area contributed by atoms with Gasteiger partial charge in [0.2, 0.25) is 0 Å². The number of rotatable bonds is 5. The molecule has 5 nitrogen and oxygen atoms in total. The maximum Gasteiger partial charge on any atom is 0.327 e. The molecule has 1 atom stereocenters. The maximum absolute atomic E-state index is 11.9. The molecule has 1 aliphatic rings. The van der Waals surface area contributed by atoms with E-state index in [0.717, 1.165) is 12.0 Å². The van der Waals surface area contributed by atoms with Crippen LogP contribution in [0.25, 0.3) is 0 Å². The van der Waals surface area contributed by atoms with Crippen LogP contribution in [0.1, 0.15) is 18.0 Å². The molecule has 0 saturated heterocycles. The number of methoxy groups -OCH3 is 1. The first-order chi connectivity index (χ1) is 9.76. The minimum absolute atomic E-state index is 0.346. The van der Waals surface area contributed by atoms with Crippen LogP contribution in [0.4, 0.5) is 0 Å². The lowest BCUT2D eigenvalue weighted by Crippen LogP contribution is -2.29. The van der Waals surface area contributed by atoms with E-state index < -0.39 is 6.04 Å². The second kappa shape index (κ2) is 6.96. The van der Waals surface area contributed by atoms with Gasteiger partial charge in [0.1, 0.15) is 6.04 Å². The molecule has 1 unspecified atom stereocenters. The zero-order valence-corrected chi connectivity index (χ0v) is 11.6. The Hall–Kier alpha value is -2.01. The number of hydrogen-bond donors (Lipinski definition) is 1. The standard InChI is InChI=1S/C15H19NO4/c1-3-7-16-14(15(17)18-2)11-5-6-12-13(10-11)20-9-4-8-19-12/h3,5-6,10,14,16H,1,4,7-9H2,2H3. The number of carbonyl (C=O) groups excluding carboxylic acids is 1. The molecule has 1 N–H and O–H groups in total. The highest BCUT2D eigenvalue weighted by atomic mass is 16.5. The Morgan fingerprint density at radius 3 is 2.90 bits per heavy atom. The Labute approximate surface area is 118 Å². The highest BCUT2D eigenvalue weighted by Crippen LogP contribution is 2.32. The quantitative estimate of drug-likeness (QED) is 0.657. The average molecular weight is 277 g/mol. The first-order valence-electron chi connectivity index (χ1n) is 6.58. The molecule has 108 valence electrons. The van der Waals surface area contributed by atoms with Crippen LogP contribution in [0.15, 0.2) is 30.9 Å². The molecule has 1 aromatic carbocycles. The Kier molecular flexibility index (Phi) is 5.01. The summed E-state index contributed by atoms with van der Waals surface area (Å²) in [5.41, 5.74) is 0.781. The highest BCUT2D eigenvalue weighted by molar-refractivity contribution is 5.78. The largest absolute Gasteiger partial charge is 0.490 e. The van der Waals surface area contributed by atoms with E-state index in [-0.39, 0.29) is 5.97 Å². The zero-order valence-electron chi connectivity index (χ0n) is 11.6. The first kappa shape index (κ1) is 14.4. The molecular weight excluding hydrogens is 258 g/mol. The molecular formula is C15H19NO4. The van der Waals surface area contributed by atoms with Crippen molar-refractivity contribution < 1.29 is 19.0 Å². The summed E-state index contributed by atoms with van der Waals surface area (Å²) in [6.45, 7) is 5.39. The highest BCUT2D eigenvalue weighted by Gasteiger charge is 2.22. The van der Waals surface area contributed by atoms with Crippen LogP contribution in [0.5, 0.6) is 11.5 Å². The number of nitrogens with one attached hydrogen (secondary N) is 1. The third-order valence-corrected chi connectivity index (χ3v) is 3.01. The minimum Gasteiger partial charge on any atom is -0.490 e. The molecule has 0 bridgehead atoms. The SMILES string of the molecule is C=CCNC(C(=O)OC)c1ccc2c(c1)OCCCO2. The zero-order chi connectivity index (χ0) is 14.4. The second-order valence-electron chi connectivity index (χ2n) is 4.41. The molecule has 2 rings (SSSR count). The Bertz CT molecular complexity index is 487. The van der Waals surface area contributed by atoms with Crippen LogP contribution in [0.2, 0.25) is 0 Å². The van der Waals surface area contributed by atoms with Gasteiger partial charge in [-0.2, -0.15) is 0 Å². The lowest BCUT2D eigenvalue weighted by atomic mass is 10.1. The van der Waals surface area contributed by atoms with Crippen LogP contribution in [-0.4, -0.2) is 32.8 Å². The molecule has 0 amide bonds. The topological polar surface area (TPSA) is 56.8 Å². The van der Waals surface area contributed by atoms with Gasteiger partial charge in [-0.25, -0.2) is 4.79 Å². The van der Waals surface area contributed by atoms with Gasteiger partial charge < -0.3 is 14.2 Å². The van der Waals surface area contributed by atoms with E-state index in [1.807, 2.05) is 18.2 Å². The summed E-state index contributed by atoms with van der Waals surface area (Å²) in [5.74, 6) is 1.02. The second-order valence-corrected chi connectivity index (χ2v) is 4.41. The van der Waals surface area contributed by atoms with E-state index >= 15 is 0 Å². The third kappa shape index (κ3) is 3.30. The van der Waals surface area contributed by atoms with Crippen LogP contribution in [-0.2, 0) is 9.53 Å². The molecule has 0 fully saturated rings. The van der Waals surface area contributed by atoms with Gasteiger partial charge in [0, 0.05) is 13.0 Å². The van der Waals surface area contributed by atoms with Crippen molar-refractivity contribution >= 4 is 5.97 Å². The van der Waals surface area contributed by atoms with Gasteiger partial charge in [-0.3, -0.25) is 5.32 Å². The predicted octanol–water partition coefficient (Wildman–Crippen LogP) is 1.84. The van der Waals surface area contributed by atoms with Crippen LogP contribution in [0.3, 0.4) is 0 Å². The molecule has 1 aromatic rings. The lowest BCUT2D eigenvalue weighted by molar-refractivity contribution is -0.143. The van der Waals surface area contributed by atoms with Gasteiger partial charge in [-0.15, -0.1) is 6.58 Å². The van der Waals surface area contributed by atoms with Gasteiger partial charge in [0.25, 0.3) is 0 Å². The van der Waals surface area contributed by atoms with Crippen molar-refractivity contribution in [3.63, 3.8) is 0 Å². The van der Waals surface area contributed by atoms with Crippen molar-refractivity contribution in [1.29, 1.82) is 0 Å². The fraction of sp³-hybridized carbons (Fsp3) is 0.400. The molecule has 0 spiro atoms. The first-order valence-corrected chi connectivity index (χ1v) is 6.58. The molecule has 20 heavy (non-hydrogen) atoms. The van der Waals surface area contributed by atoms with Crippen molar-refractivity contribution in [2.45, 2.75) is 12.5 Å². The summed E-state index contributed by atoms with van der Waals surface area (Å²) in [6, 6.07) is 4.93. The van der Waals surface area contributed by atoms with E-state index in [0.29, 0.717) is 31.3 Å². The molecule has 0 saturated carbocycles. The number of ether oxygens (including phenoxy) is 3. The molecule has 0 aromatic heterocycles. The van der Waals surface area contributed by atoms with Crippen LogP contribution < -0.4 is 14.8 Å². The van der Waals surface area contributed by atoms with E-state index in [1.165, 1.54) is 7.11 Å². The average Bonchev–Trinajstić information content (AvgIpc) is 2.72. The van der Waals surface area contributed by atoms with Crippen molar-refractivity contribution in [1.82, 2.24) is 5.32 Å². The van der Waals surface area contributed by atoms with E-state index in [4.69, 9.17) is 14.2 Å². The van der Waals surface area contributed by atoms with E-state index in [2.05, 4.69) is 11.9 Å². The molecule has 0 radical (unpaired) electrons. The van der Waals surface area contributed by atoms with Gasteiger partial charge >= 0.3 is 5.97 Å². The summed E-state index contributed by atoms with van der Waals surface area (Å²) in [5, 5.41) is 3.07. The Balaban J connectivity index is 2.26. The Morgan fingerprint density at radius 2 is 2.20 bits per heavy atom. The number of esters is 1. The van der Waals surface area contributed by atoms with Crippen molar-refractivity contribution in [2.24, 2.45) is 0 Å². The fourth-order valence-corrected chi connectivity index (χ4v) is 2.02. The number of hydrogen-bond acceptors (Lipinski definition) is 5. The number of carbonyl (C=O) groups is 1. The van der Waals surface area contributed by atoms with Gasteiger partial charge in [0.15, 0.2) is 11.5 Å². The van der Waals surface area contributed by atoms with Crippen molar-refractivity contribution in [3.8, 4) is 11.5 Å². The monoisotopic (exact) mass is 277 g/mol. The van der Waals surface area contributed by atoms with E-state index in [1.54, 1.807) is 6.08 Å². The molecule has 1 heterocycles. The third-order valence-electron chi connectivity index (χ3n) is 3.01. The van der Waals surface area contributed by atoms with Gasteiger partial charge in [-0.1, -0.05) is 12.1 Å². The van der Waals surface area contributed by atoms with Gasteiger partial charge in [0.05, 0.1) is 20.3 Å². The fourth-order valence-electron chi connectivity index (χ4n) is 2.02. The normalized spacial score (nSPS) is 15.1. The molecule has 5 heteroatoms. The number of fused-ring (bicyclic) bond motifs is 1. The summed E-state index contributed by atoms with van der Waals surface area (Å²) < 4.78 is 16.0. The van der Waals surface area contributed by atoms with Crippen molar-refractivity contribution in [2.75, 3.05) is 26.9 Å². The van der Waals surface area contributed by atoms with Crippen LogP contribution >= 0.6 is 0 Å². The lowest BCUT2D eigenvalue weighted by Gasteiger charge is -2.17. The smallest absolute Gasteiger partial charge is 0.327 e. The summed E-state index contributed by atoms with van der Waals surface area (Å²) in [7, 11) is 1.37. The summed E-state index contributed by atoms with van der Waals surface area (Å²) >= 11 is 0.